The Labute approximate surface area is 70.0 Å². The molecule has 0 spiro atoms. The van der Waals surface area contributed by atoms with E-state index in [-0.39, 0.29) is 0 Å². The Morgan fingerprint density at radius 1 is 1.20 bits per heavy atom. The van der Waals surface area contributed by atoms with Crippen LogP contribution < -0.4 is 0 Å². The van der Waals surface area contributed by atoms with Crippen LogP contribution in [-0.4, -0.2) is 11.3 Å². The first-order chi connectivity index (χ1) is 4.68. The summed E-state index contributed by atoms with van der Waals surface area (Å²) in [5, 5.41) is 0.538. The van der Waals surface area contributed by atoms with Crippen LogP contribution in [0.25, 0.3) is 0 Å². The molecule has 0 heterocycles. The van der Waals surface area contributed by atoms with Gasteiger partial charge in [-0.25, -0.2) is 0 Å². The smallest absolute Gasteiger partial charge is 0.0155 e. The van der Waals surface area contributed by atoms with E-state index in [9.17, 15) is 0 Å². The molecule has 2 atom stereocenters. The summed E-state index contributed by atoms with van der Waals surface area (Å²) in [5.74, 6) is 0. The third-order valence-corrected chi connectivity index (χ3v) is 3.80. The molecule has 10 heavy (non-hydrogen) atoms. The molecule has 0 radical (unpaired) electrons. The fraction of sp³-hybridized carbons (Fsp3) is 1.00. The maximum absolute atomic E-state index is 3.01. The van der Waals surface area contributed by atoms with E-state index in [1.54, 1.807) is 0 Å². The predicted molar refractivity (Wildman–Crippen MR) is 56.8 cm³/mol. The van der Waals surface area contributed by atoms with Crippen LogP contribution in [0.1, 0.15) is 39.5 Å². The van der Waals surface area contributed by atoms with Crippen molar-refractivity contribution in [1.82, 2.24) is 0 Å². The molecule has 0 aromatic heterocycles. The predicted octanol–water partition coefficient (Wildman–Crippen LogP) is 3.08. The molecule has 0 aliphatic rings. The molecule has 0 fully saturated rings. The van der Waals surface area contributed by atoms with Gasteiger partial charge in [0.1, 0.15) is 0 Å². The lowest BCUT2D eigenvalue weighted by Gasteiger charge is -2.25. The van der Waals surface area contributed by atoms with Crippen LogP contribution in [0, 0.1) is 0 Å². The summed E-state index contributed by atoms with van der Waals surface area (Å²) in [7, 11) is 5.80. The van der Waals surface area contributed by atoms with Crippen molar-refractivity contribution in [2.75, 3.05) is 6.16 Å². The average Bonchev–Trinajstić information content (AvgIpc) is 2.00. The van der Waals surface area contributed by atoms with Crippen molar-refractivity contribution in [3.63, 3.8) is 0 Å². The largest absolute Gasteiger partial charge is 0.138 e. The Bertz CT molecular complexity index is 77.3. The van der Waals surface area contributed by atoms with Crippen molar-refractivity contribution in [1.29, 1.82) is 0 Å². The number of hydrogen-bond donors (Lipinski definition) is 0. The van der Waals surface area contributed by atoms with Crippen LogP contribution in [-0.2, 0) is 0 Å². The lowest BCUT2D eigenvalue weighted by Crippen LogP contribution is -2.17. The van der Waals surface area contributed by atoms with Gasteiger partial charge in [0.25, 0.3) is 0 Å². The van der Waals surface area contributed by atoms with Gasteiger partial charge in [0.2, 0.25) is 0 Å². The molecule has 62 valence electrons. The highest BCUT2D eigenvalue weighted by molar-refractivity contribution is 7.19. The highest BCUT2D eigenvalue weighted by Crippen LogP contribution is 2.31. The van der Waals surface area contributed by atoms with Gasteiger partial charge in [-0.2, -0.15) is 0 Å². The molecule has 2 unspecified atom stereocenters. The molecule has 0 N–H and O–H groups in total. The van der Waals surface area contributed by atoms with Crippen LogP contribution >= 0.6 is 18.5 Å². The first-order valence-electron chi connectivity index (χ1n) is 4.17. The molecule has 0 amide bonds. The molecule has 0 rings (SSSR count). The number of rotatable bonds is 5. The Balaban J connectivity index is 3.58. The molecular formula is C8H20P2. The van der Waals surface area contributed by atoms with Crippen molar-refractivity contribution >= 4 is 18.5 Å². The van der Waals surface area contributed by atoms with Crippen LogP contribution in [0.2, 0.25) is 0 Å². The van der Waals surface area contributed by atoms with Crippen LogP contribution in [0.4, 0.5) is 0 Å². The second-order valence-corrected chi connectivity index (χ2v) is 4.76. The average molecular weight is 178 g/mol. The fourth-order valence-electron chi connectivity index (χ4n) is 1.06. The summed E-state index contributed by atoms with van der Waals surface area (Å²) in [6.07, 6.45) is 6.53. The van der Waals surface area contributed by atoms with Crippen LogP contribution in [0.3, 0.4) is 0 Å². The molecule has 0 aliphatic heterocycles. The van der Waals surface area contributed by atoms with Crippen LogP contribution in [0.15, 0.2) is 0 Å². The van der Waals surface area contributed by atoms with Gasteiger partial charge >= 0.3 is 0 Å². The van der Waals surface area contributed by atoms with E-state index in [4.69, 9.17) is 0 Å². The molecule has 0 aromatic rings. The van der Waals surface area contributed by atoms with Crippen molar-refractivity contribution in [2.24, 2.45) is 0 Å². The van der Waals surface area contributed by atoms with E-state index >= 15 is 0 Å². The van der Waals surface area contributed by atoms with E-state index in [0.29, 0.717) is 5.16 Å². The van der Waals surface area contributed by atoms with Crippen molar-refractivity contribution in [3.8, 4) is 0 Å². The standard InChI is InChI=1S/C8H20P2/c1-3-8(10,4-2)6-5-7-9/h3-7,9-10H2,1-2H3. The second-order valence-electron chi connectivity index (χ2n) is 2.96. The summed E-state index contributed by atoms with van der Waals surface area (Å²) in [4.78, 5) is 0. The third-order valence-electron chi connectivity index (χ3n) is 2.29. The molecule has 0 aliphatic carbocycles. The van der Waals surface area contributed by atoms with Gasteiger partial charge < -0.3 is 0 Å². The maximum atomic E-state index is 3.01. The Morgan fingerprint density at radius 2 is 1.70 bits per heavy atom. The van der Waals surface area contributed by atoms with E-state index in [0.717, 1.165) is 0 Å². The minimum atomic E-state index is 0.538. The van der Waals surface area contributed by atoms with Crippen molar-refractivity contribution in [2.45, 2.75) is 44.7 Å². The summed E-state index contributed by atoms with van der Waals surface area (Å²) >= 11 is 0. The van der Waals surface area contributed by atoms with E-state index in [1.165, 1.54) is 31.8 Å². The van der Waals surface area contributed by atoms with Crippen molar-refractivity contribution < 1.29 is 0 Å². The van der Waals surface area contributed by atoms with Gasteiger partial charge in [-0.3, -0.25) is 0 Å². The molecular weight excluding hydrogens is 158 g/mol. The van der Waals surface area contributed by atoms with Crippen LogP contribution in [0.5, 0.6) is 0 Å². The van der Waals surface area contributed by atoms with Gasteiger partial charge in [-0.1, -0.05) is 13.8 Å². The van der Waals surface area contributed by atoms with Gasteiger partial charge in [-0.05, 0) is 37.0 Å². The SMILES string of the molecule is CCC(P)(CC)CCCP. The zero-order valence-corrected chi connectivity index (χ0v) is 9.50. The molecule has 0 nitrogen and oxygen atoms in total. The van der Waals surface area contributed by atoms with Gasteiger partial charge in [-0.15, -0.1) is 18.5 Å². The minimum Gasteiger partial charge on any atom is -0.138 e. The third kappa shape index (κ3) is 3.89. The van der Waals surface area contributed by atoms with Crippen molar-refractivity contribution in [3.05, 3.63) is 0 Å². The molecule has 2 heteroatoms. The molecule has 0 bridgehead atoms. The van der Waals surface area contributed by atoms with Gasteiger partial charge in [0.15, 0.2) is 0 Å². The first kappa shape index (κ1) is 10.9. The lowest BCUT2D eigenvalue weighted by atomic mass is 9.97. The zero-order valence-electron chi connectivity index (χ0n) is 7.19. The highest BCUT2D eigenvalue weighted by atomic mass is 31.0. The minimum absolute atomic E-state index is 0.538. The van der Waals surface area contributed by atoms with E-state index in [2.05, 4.69) is 32.3 Å². The topological polar surface area (TPSA) is 0 Å². The monoisotopic (exact) mass is 178 g/mol. The summed E-state index contributed by atoms with van der Waals surface area (Å²) in [5.41, 5.74) is 0. The Hall–Kier alpha value is 0.860. The molecule has 0 saturated carbocycles. The van der Waals surface area contributed by atoms with E-state index < -0.39 is 0 Å². The summed E-state index contributed by atoms with van der Waals surface area (Å²) < 4.78 is 0. The first-order valence-corrected chi connectivity index (χ1v) is 5.57. The normalized spacial score (nSPS) is 12.0. The van der Waals surface area contributed by atoms with Gasteiger partial charge in [0, 0.05) is 0 Å². The fourth-order valence-corrected chi connectivity index (χ4v) is 1.47. The Morgan fingerprint density at radius 3 is 2.00 bits per heavy atom. The molecule has 0 saturated heterocycles. The summed E-state index contributed by atoms with van der Waals surface area (Å²) in [6.45, 7) is 4.55. The lowest BCUT2D eigenvalue weighted by molar-refractivity contribution is 0.502. The summed E-state index contributed by atoms with van der Waals surface area (Å²) in [6, 6.07) is 0. The van der Waals surface area contributed by atoms with Gasteiger partial charge in [0.05, 0.1) is 0 Å². The quantitative estimate of drug-likeness (QED) is 0.567. The number of hydrogen-bond acceptors (Lipinski definition) is 0. The zero-order chi connectivity index (χ0) is 8.04. The highest BCUT2D eigenvalue weighted by Gasteiger charge is 2.17. The maximum Gasteiger partial charge on any atom is -0.0155 e. The Kier molecular flexibility index (Phi) is 5.98. The second kappa shape index (κ2) is 5.50. The molecule has 0 aromatic carbocycles. The van der Waals surface area contributed by atoms with E-state index in [1.807, 2.05) is 0 Å².